The van der Waals surface area contributed by atoms with E-state index in [2.05, 4.69) is 0 Å². The van der Waals surface area contributed by atoms with Gasteiger partial charge >= 0.3 is 0 Å². The van der Waals surface area contributed by atoms with Gasteiger partial charge < -0.3 is 22.9 Å². The Bertz CT molecular complexity index is 164. The molecular formula is C8H20N4O2. The smallest absolute Gasteiger partial charge is 0.234 e. The average molecular weight is 204 g/mol. The lowest BCUT2D eigenvalue weighted by Crippen LogP contribution is -2.35. The van der Waals surface area contributed by atoms with Gasteiger partial charge in [-0.05, 0) is 12.8 Å². The fourth-order valence-electron chi connectivity index (χ4n) is 0.402. The Labute approximate surface area is 84.0 Å². The highest BCUT2D eigenvalue weighted by Gasteiger charge is 2.03. The maximum Gasteiger partial charge on any atom is 0.234 e. The topological polar surface area (TPSA) is 138 Å². The standard InChI is InChI=1S/2C4H10N2O/c2*1-2-3(5)4(6)7/h2*3H,2,5H2,1H3,(H2,6,7)/t3-;/m0./s1. The van der Waals surface area contributed by atoms with Crippen molar-refractivity contribution in [2.45, 2.75) is 38.8 Å². The van der Waals surface area contributed by atoms with Gasteiger partial charge in [-0.15, -0.1) is 0 Å². The average Bonchev–Trinajstić information content (AvgIpc) is 2.15. The van der Waals surface area contributed by atoms with Crippen molar-refractivity contribution in [2.24, 2.45) is 22.9 Å². The Morgan fingerprint density at radius 2 is 1.14 bits per heavy atom. The SMILES string of the molecule is CCC(N)C(N)=O.CC[C@H](N)C(N)=O. The molecule has 84 valence electrons. The third-order valence-electron chi connectivity index (χ3n) is 1.61. The molecule has 0 rings (SSSR count). The van der Waals surface area contributed by atoms with Crippen LogP contribution in [0.1, 0.15) is 26.7 Å². The normalized spacial score (nSPS) is 13.4. The zero-order valence-corrected chi connectivity index (χ0v) is 8.69. The van der Waals surface area contributed by atoms with E-state index in [1.165, 1.54) is 0 Å². The van der Waals surface area contributed by atoms with Crippen molar-refractivity contribution in [1.29, 1.82) is 0 Å². The van der Waals surface area contributed by atoms with E-state index in [9.17, 15) is 9.59 Å². The van der Waals surface area contributed by atoms with Gasteiger partial charge in [-0.3, -0.25) is 9.59 Å². The lowest BCUT2D eigenvalue weighted by atomic mass is 10.2. The van der Waals surface area contributed by atoms with Crippen LogP contribution >= 0.6 is 0 Å². The monoisotopic (exact) mass is 204 g/mol. The Hall–Kier alpha value is -1.14. The van der Waals surface area contributed by atoms with Gasteiger partial charge in [-0.25, -0.2) is 0 Å². The van der Waals surface area contributed by atoms with Crippen LogP contribution in [-0.2, 0) is 9.59 Å². The molecule has 0 aromatic carbocycles. The van der Waals surface area contributed by atoms with E-state index >= 15 is 0 Å². The summed E-state index contributed by atoms with van der Waals surface area (Å²) in [4.78, 5) is 20.1. The predicted molar refractivity (Wildman–Crippen MR) is 54.9 cm³/mol. The van der Waals surface area contributed by atoms with Crippen LogP contribution in [0.3, 0.4) is 0 Å². The molecule has 0 saturated heterocycles. The number of rotatable bonds is 4. The van der Waals surface area contributed by atoms with Gasteiger partial charge in [0.2, 0.25) is 11.8 Å². The first-order chi connectivity index (χ1) is 6.36. The van der Waals surface area contributed by atoms with Crippen molar-refractivity contribution in [2.75, 3.05) is 0 Å². The van der Waals surface area contributed by atoms with E-state index in [-0.39, 0.29) is 0 Å². The van der Waals surface area contributed by atoms with Crippen LogP contribution in [0.5, 0.6) is 0 Å². The molecular weight excluding hydrogens is 184 g/mol. The predicted octanol–water partition coefficient (Wildman–Crippen LogP) is -1.58. The molecule has 0 bridgehead atoms. The quantitative estimate of drug-likeness (QED) is 0.439. The molecule has 8 N–H and O–H groups in total. The van der Waals surface area contributed by atoms with Crippen molar-refractivity contribution >= 4 is 11.8 Å². The van der Waals surface area contributed by atoms with Crippen LogP contribution in [0, 0.1) is 0 Å². The van der Waals surface area contributed by atoms with Gasteiger partial charge in [0, 0.05) is 0 Å². The maximum atomic E-state index is 10.0. The first-order valence-corrected chi connectivity index (χ1v) is 4.46. The Balaban J connectivity index is 0. The van der Waals surface area contributed by atoms with Crippen LogP contribution in [0.4, 0.5) is 0 Å². The van der Waals surface area contributed by atoms with Crippen molar-refractivity contribution in [3.63, 3.8) is 0 Å². The van der Waals surface area contributed by atoms with Gasteiger partial charge in [0.25, 0.3) is 0 Å². The molecule has 0 fully saturated rings. The fraction of sp³-hybridized carbons (Fsp3) is 0.750. The number of hydrogen-bond donors (Lipinski definition) is 4. The van der Waals surface area contributed by atoms with E-state index in [0.29, 0.717) is 12.8 Å². The number of carbonyl (C=O) groups excluding carboxylic acids is 2. The molecule has 0 radical (unpaired) electrons. The van der Waals surface area contributed by atoms with Crippen molar-refractivity contribution in [3.05, 3.63) is 0 Å². The molecule has 0 saturated carbocycles. The molecule has 0 aliphatic rings. The zero-order valence-electron chi connectivity index (χ0n) is 8.69. The lowest BCUT2D eigenvalue weighted by Gasteiger charge is -1.98. The first kappa shape index (κ1) is 15.3. The van der Waals surface area contributed by atoms with Crippen LogP contribution in [0.15, 0.2) is 0 Å². The van der Waals surface area contributed by atoms with Gasteiger partial charge in [-0.1, -0.05) is 13.8 Å². The number of primary amides is 2. The van der Waals surface area contributed by atoms with Crippen LogP contribution in [0.25, 0.3) is 0 Å². The first-order valence-electron chi connectivity index (χ1n) is 4.46. The van der Waals surface area contributed by atoms with Gasteiger partial charge in [-0.2, -0.15) is 0 Å². The summed E-state index contributed by atoms with van der Waals surface area (Å²) in [5.74, 6) is -0.856. The van der Waals surface area contributed by atoms with Gasteiger partial charge in [0.05, 0.1) is 12.1 Å². The summed E-state index contributed by atoms with van der Waals surface area (Å²) in [5.41, 5.74) is 19.8. The van der Waals surface area contributed by atoms with E-state index < -0.39 is 23.9 Å². The minimum atomic E-state index is -0.458. The molecule has 0 aliphatic carbocycles. The molecule has 0 aliphatic heterocycles. The lowest BCUT2D eigenvalue weighted by molar-refractivity contribution is -0.120. The number of amides is 2. The maximum absolute atomic E-state index is 10.0. The number of nitrogens with two attached hydrogens (primary N) is 4. The van der Waals surface area contributed by atoms with Gasteiger partial charge in [0.15, 0.2) is 0 Å². The molecule has 0 aromatic rings. The molecule has 6 heteroatoms. The van der Waals surface area contributed by atoms with Crippen molar-refractivity contribution in [3.8, 4) is 0 Å². The summed E-state index contributed by atoms with van der Waals surface area (Å²) in [6.07, 6.45) is 1.24. The number of hydrogen-bond acceptors (Lipinski definition) is 4. The molecule has 6 nitrogen and oxygen atoms in total. The molecule has 0 heterocycles. The Kier molecular flexibility index (Phi) is 9.27. The fourth-order valence-corrected chi connectivity index (χ4v) is 0.402. The second-order valence-corrected chi connectivity index (χ2v) is 2.83. The Morgan fingerprint density at radius 3 is 1.14 bits per heavy atom. The highest BCUT2D eigenvalue weighted by Crippen LogP contribution is 1.80. The third-order valence-corrected chi connectivity index (χ3v) is 1.61. The summed E-state index contributed by atoms with van der Waals surface area (Å²) in [6.45, 7) is 3.63. The van der Waals surface area contributed by atoms with Crippen LogP contribution in [-0.4, -0.2) is 23.9 Å². The minimum absolute atomic E-state index is 0.428. The van der Waals surface area contributed by atoms with Crippen LogP contribution < -0.4 is 22.9 Å². The molecule has 2 atom stereocenters. The van der Waals surface area contributed by atoms with Crippen molar-refractivity contribution in [1.82, 2.24) is 0 Å². The molecule has 1 unspecified atom stereocenters. The highest BCUT2D eigenvalue weighted by atomic mass is 16.1. The summed E-state index contributed by atoms with van der Waals surface area (Å²) in [7, 11) is 0. The second-order valence-electron chi connectivity index (χ2n) is 2.83. The van der Waals surface area contributed by atoms with E-state index in [0.717, 1.165) is 0 Å². The van der Waals surface area contributed by atoms with Gasteiger partial charge in [0.1, 0.15) is 0 Å². The number of carbonyl (C=O) groups is 2. The largest absolute Gasteiger partial charge is 0.368 e. The molecule has 2 amide bonds. The second kappa shape index (κ2) is 8.46. The van der Waals surface area contributed by atoms with Crippen molar-refractivity contribution < 1.29 is 9.59 Å². The summed E-state index contributed by atoms with van der Waals surface area (Å²) < 4.78 is 0. The third kappa shape index (κ3) is 8.95. The minimum Gasteiger partial charge on any atom is -0.368 e. The van der Waals surface area contributed by atoms with E-state index in [4.69, 9.17) is 22.9 Å². The van der Waals surface area contributed by atoms with E-state index in [1.54, 1.807) is 0 Å². The zero-order chi connectivity index (χ0) is 11.7. The molecule has 0 aromatic heterocycles. The van der Waals surface area contributed by atoms with E-state index in [1.807, 2.05) is 13.8 Å². The Morgan fingerprint density at radius 1 is 0.929 bits per heavy atom. The van der Waals surface area contributed by atoms with Crippen LogP contribution in [0.2, 0.25) is 0 Å². The summed E-state index contributed by atoms with van der Waals surface area (Å²) in [5, 5.41) is 0. The molecule has 14 heavy (non-hydrogen) atoms. The highest BCUT2D eigenvalue weighted by molar-refractivity contribution is 5.79. The summed E-state index contributed by atoms with van der Waals surface area (Å²) in [6, 6.07) is -0.917. The molecule has 0 spiro atoms. The summed E-state index contributed by atoms with van der Waals surface area (Å²) >= 11 is 0.